The second-order valence-corrected chi connectivity index (χ2v) is 18.5. The molecular formula is C40H34Si. The minimum Gasteiger partial charge on any atom is -0.0616 e. The van der Waals surface area contributed by atoms with Crippen LogP contribution in [0.5, 0.6) is 0 Å². The van der Waals surface area contributed by atoms with Crippen molar-refractivity contribution >= 4 is 40.0 Å². The molecule has 0 spiro atoms. The maximum Gasteiger partial charge on any atom is 0.113 e. The molecule has 1 heterocycles. The van der Waals surface area contributed by atoms with E-state index in [-0.39, 0.29) is 10.8 Å². The van der Waals surface area contributed by atoms with Crippen molar-refractivity contribution in [1.82, 2.24) is 0 Å². The third-order valence-corrected chi connectivity index (χ3v) is 14.6. The Hall–Kier alpha value is -3.94. The van der Waals surface area contributed by atoms with Crippen molar-refractivity contribution in [2.45, 2.75) is 51.6 Å². The molecule has 0 radical (unpaired) electrons. The molecule has 0 saturated carbocycles. The molecule has 1 heteroatoms. The molecule has 0 nitrogen and oxygen atoms in total. The number of benzene rings is 6. The third kappa shape index (κ3) is 2.72. The van der Waals surface area contributed by atoms with Gasteiger partial charge in [-0.1, -0.05) is 126 Å². The van der Waals surface area contributed by atoms with Gasteiger partial charge in [0, 0.05) is 10.8 Å². The van der Waals surface area contributed by atoms with Gasteiger partial charge in [0.05, 0.1) is 0 Å². The van der Waals surface area contributed by atoms with Gasteiger partial charge in [-0.2, -0.15) is 0 Å². The standard InChI is InChI=1S/C40H34Si/c1-39(2)31-17-15-23-11-7-9-13-25(23)37(31)29-21-35-27(19-33(29)39)28-20-34-30(22-36(28)41(35,5)6)38-26-14-10-8-12-24(26)16-18-32(38)40(34,3)4/h7-22H,1-6H3. The van der Waals surface area contributed by atoms with Crippen molar-refractivity contribution in [2.24, 2.45) is 0 Å². The lowest BCUT2D eigenvalue weighted by molar-refractivity contribution is 0.660. The molecule has 0 atom stereocenters. The minimum absolute atomic E-state index is 0.0245. The lowest BCUT2D eigenvalue weighted by Crippen LogP contribution is -2.49. The average Bonchev–Trinajstić information content (AvgIpc) is 3.44. The first-order valence-corrected chi connectivity index (χ1v) is 18.0. The second-order valence-electron chi connectivity index (χ2n) is 14.2. The summed E-state index contributed by atoms with van der Waals surface area (Å²) in [6, 6.07) is 37.7. The van der Waals surface area contributed by atoms with Crippen LogP contribution in [0.3, 0.4) is 0 Å². The van der Waals surface area contributed by atoms with Crippen molar-refractivity contribution in [3.63, 3.8) is 0 Å². The van der Waals surface area contributed by atoms with Gasteiger partial charge in [0.1, 0.15) is 8.07 Å². The molecule has 198 valence electrons. The van der Waals surface area contributed by atoms with Crippen molar-refractivity contribution in [3.8, 4) is 33.4 Å². The van der Waals surface area contributed by atoms with Crippen LogP contribution in [0.1, 0.15) is 49.9 Å². The summed E-state index contributed by atoms with van der Waals surface area (Å²) < 4.78 is 0. The molecule has 6 aromatic carbocycles. The molecule has 0 amide bonds. The Morgan fingerprint density at radius 3 is 1.29 bits per heavy atom. The normalized spacial score (nSPS) is 17.6. The second kappa shape index (κ2) is 7.27. The van der Waals surface area contributed by atoms with Crippen LogP contribution in [0.15, 0.2) is 97.1 Å². The summed E-state index contributed by atoms with van der Waals surface area (Å²) in [5, 5.41) is 8.64. The van der Waals surface area contributed by atoms with E-state index in [1.165, 1.54) is 77.2 Å². The monoisotopic (exact) mass is 542 g/mol. The Bertz CT molecular complexity index is 2020. The van der Waals surface area contributed by atoms with Crippen LogP contribution >= 0.6 is 0 Å². The van der Waals surface area contributed by atoms with Crippen molar-refractivity contribution < 1.29 is 0 Å². The molecule has 3 aliphatic rings. The molecule has 41 heavy (non-hydrogen) atoms. The number of rotatable bonds is 0. The van der Waals surface area contributed by atoms with Crippen LogP contribution in [0.4, 0.5) is 0 Å². The van der Waals surface area contributed by atoms with Crippen LogP contribution in [-0.4, -0.2) is 8.07 Å². The van der Waals surface area contributed by atoms with Gasteiger partial charge in [0.25, 0.3) is 0 Å². The van der Waals surface area contributed by atoms with Gasteiger partial charge >= 0.3 is 0 Å². The van der Waals surface area contributed by atoms with Crippen molar-refractivity contribution in [3.05, 3.63) is 119 Å². The van der Waals surface area contributed by atoms with Crippen LogP contribution in [0.25, 0.3) is 54.9 Å². The van der Waals surface area contributed by atoms with E-state index in [0.29, 0.717) is 0 Å². The van der Waals surface area contributed by atoms with E-state index in [1.54, 1.807) is 10.4 Å². The zero-order valence-electron chi connectivity index (χ0n) is 24.7. The predicted molar refractivity (Wildman–Crippen MR) is 179 cm³/mol. The van der Waals surface area contributed by atoms with Gasteiger partial charge in [-0.25, -0.2) is 0 Å². The van der Waals surface area contributed by atoms with E-state index in [0.717, 1.165) is 0 Å². The quantitative estimate of drug-likeness (QED) is 0.168. The van der Waals surface area contributed by atoms with E-state index in [2.05, 4.69) is 138 Å². The molecule has 0 N–H and O–H groups in total. The largest absolute Gasteiger partial charge is 0.113 e. The predicted octanol–water partition coefficient (Wildman–Crippen LogP) is 9.41. The van der Waals surface area contributed by atoms with Gasteiger partial charge in [0.2, 0.25) is 0 Å². The zero-order valence-corrected chi connectivity index (χ0v) is 25.7. The van der Waals surface area contributed by atoms with E-state index < -0.39 is 8.07 Å². The van der Waals surface area contributed by atoms with Crippen LogP contribution < -0.4 is 10.4 Å². The number of hydrogen-bond donors (Lipinski definition) is 0. The molecular weight excluding hydrogens is 509 g/mol. The Labute approximate surface area is 243 Å². The van der Waals surface area contributed by atoms with E-state index >= 15 is 0 Å². The Morgan fingerprint density at radius 2 is 0.854 bits per heavy atom. The summed E-state index contributed by atoms with van der Waals surface area (Å²) in [7, 11) is -1.94. The first-order chi connectivity index (χ1) is 19.6. The highest BCUT2D eigenvalue weighted by Gasteiger charge is 2.45. The average molecular weight is 543 g/mol. The van der Waals surface area contributed by atoms with Gasteiger partial charge in [0.15, 0.2) is 0 Å². The van der Waals surface area contributed by atoms with Crippen molar-refractivity contribution in [2.75, 3.05) is 0 Å². The molecule has 1 aliphatic heterocycles. The minimum atomic E-state index is -1.94. The Morgan fingerprint density at radius 1 is 0.439 bits per heavy atom. The summed E-state index contributed by atoms with van der Waals surface area (Å²) >= 11 is 0. The highest BCUT2D eigenvalue weighted by molar-refractivity contribution is 7.04. The topological polar surface area (TPSA) is 0 Å². The summed E-state index contributed by atoms with van der Waals surface area (Å²) in [5.74, 6) is 0. The lowest BCUT2D eigenvalue weighted by atomic mass is 9.80. The summed E-state index contributed by atoms with van der Waals surface area (Å²) in [5.41, 5.74) is 14.6. The SMILES string of the molecule is CC1(C)c2cc3c(cc2-c2c1ccc1ccccc21)[Si](C)(C)c1cc2c(cc1-3)C(C)(C)c1ccc3ccccc3c1-2. The molecule has 0 fully saturated rings. The highest BCUT2D eigenvalue weighted by Crippen LogP contribution is 2.55. The fourth-order valence-corrected chi connectivity index (χ4v) is 11.8. The van der Waals surface area contributed by atoms with Gasteiger partial charge in [-0.3, -0.25) is 0 Å². The molecule has 0 unspecified atom stereocenters. The van der Waals surface area contributed by atoms with Crippen LogP contribution in [0.2, 0.25) is 13.1 Å². The van der Waals surface area contributed by atoms with Crippen LogP contribution in [0, 0.1) is 0 Å². The first kappa shape index (κ1) is 23.7. The zero-order chi connectivity index (χ0) is 28.1. The number of fused-ring (bicyclic) bond motifs is 13. The highest BCUT2D eigenvalue weighted by atomic mass is 28.3. The van der Waals surface area contributed by atoms with Gasteiger partial charge in [-0.05, 0) is 99.7 Å². The molecule has 0 aromatic heterocycles. The Kier molecular flexibility index (Phi) is 4.21. The first-order valence-electron chi connectivity index (χ1n) is 15.0. The molecule has 9 rings (SSSR count). The fraction of sp³-hybridized carbons (Fsp3) is 0.200. The Balaban J connectivity index is 1.33. The molecule has 6 aromatic rings. The van der Waals surface area contributed by atoms with E-state index in [1.807, 2.05) is 0 Å². The third-order valence-electron chi connectivity index (χ3n) is 11.0. The van der Waals surface area contributed by atoms with Gasteiger partial charge in [-0.15, -0.1) is 0 Å². The fourth-order valence-electron chi connectivity index (χ4n) is 8.73. The maximum atomic E-state index is 2.62. The smallest absolute Gasteiger partial charge is 0.0616 e. The summed E-state index contributed by atoms with van der Waals surface area (Å²) in [6.45, 7) is 14.8. The van der Waals surface area contributed by atoms with Crippen LogP contribution in [-0.2, 0) is 10.8 Å². The molecule has 2 aliphatic carbocycles. The maximum absolute atomic E-state index is 2.62. The van der Waals surface area contributed by atoms with E-state index in [9.17, 15) is 0 Å². The summed E-state index contributed by atoms with van der Waals surface area (Å²) in [4.78, 5) is 0. The van der Waals surface area contributed by atoms with Crippen molar-refractivity contribution in [1.29, 1.82) is 0 Å². The molecule has 0 bridgehead atoms. The lowest BCUT2D eigenvalue weighted by Gasteiger charge is -2.23. The summed E-state index contributed by atoms with van der Waals surface area (Å²) in [6.07, 6.45) is 0. The van der Waals surface area contributed by atoms with E-state index in [4.69, 9.17) is 0 Å². The number of hydrogen-bond acceptors (Lipinski definition) is 0. The molecule has 0 saturated heterocycles. The van der Waals surface area contributed by atoms with Gasteiger partial charge < -0.3 is 0 Å².